The minimum Gasteiger partial charge on any atom is -0.302 e. The topological polar surface area (TPSA) is 89.2 Å². The van der Waals surface area contributed by atoms with Crippen LogP contribution in [-0.2, 0) is 0 Å². The molecule has 0 radical (unpaired) electrons. The molecular formula is C43H61N7O2. The fourth-order valence-corrected chi connectivity index (χ4v) is 9.77. The molecular weight excluding hydrogens is 647 g/mol. The second-order valence-electron chi connectivity index (χ2n) is 16.1. The first-order valence-corrected chi connectivity index (χ1v) is 20.8. The summed E-state index contributed by atoms with van der Waals surface area (Å²) in [6, 6.07) is 14.1. The van der Waals surface area contributed by atoms with Gasteiger partial charge in [0.1, 0.15) is 11.4 Å². The third-order valence-electron chi connectivity index (χ3n) is 12.7. The predicted octanol–water partition coefficient (Wildman–Crippen LogP) is 8.30. The van der Waals surface area contributed by atoms with Gasteiger partial charge < -0.3 is 18.9 Å². The van der Waals surface area contributed by atoms with Crippen molar-refractivity contribution in [2.24, 2.45) is 0 Å². The lowest BCUT2D eigenvalue weighted by Crippen LogP contribution is -2.43. The molecule has 2 aliphatic heterocycles. The van der Waals surface area contributed by atoms with Crippen molar-refractivity contribution >= 4 is 22.2 Å². The highest BCUT2D eigenvalue weighted by atomic mass is 16.1. The number of hydrogen-bond donors (Lipinski definition) is 0. The maximum atomic E-state index is 12.8. The quantitative estimate of drug-likeness (QED) is 0.211. The van der Waals surface area contributed by atoms with Crippen LogP contribution >= 0.6 is 0 Å². The van der Waals surface area contributed by atoms with Crippen molar-refractivity contribution in [3.05, 3.63) is 74.7 Å². The van der Waals surface area contributed by atoms with Crippen LogP contribution in [-0.4, -0.2) is 72.1 Å². The first kappa shape index (κ1) is 36.9. The average molecular weight is 708 g/mol. The maximum Gasteiger partial charge on any atom is 0.272 e. The van der Waals surface area contributed by atoms with E-state index in [0.29, 0.717) is 23.1 Å². The van der Waals surface area contributed by atoms with Crippen LogP contribution in [0.15, 0.2) is 52.2 Å². The van der Waals surface area contributed by atoms with Gasteiger partial charge in [-0.1, -0.05) is 76.3 Å². The molecule has 1 aromatic carbocycles. The number of nitrogens with zero attached hydrogens (tertiary/aromatic N) is 7. The van der Waals surface area contributed by atoms with Gasteiger partial charge >= 0.3 is 0 Å². The highest BCUT2D eigenvalue weighted by molar-refractivity contribution is 5.74. The van der Waals surface area contributed by atoms with E-state index in [2.05, 4.69) is 24.8 Å². The maximum absolute atomic E-state index is 12.8. The third kappa shape index (κ3) is 8.52. The van der Waals surface area contributed by atoms with Gasteiger partial charge in [-0.15, -0.1) is 0 Å². The molecule has 4 fully saturated rings. The Morgan fingerprint density at radius 1 is 0.500 bits per heavy atom. The molecule has 4 aromatic rings. The zero-order chi connectivity index (χ0) is 35.9. The SMILES string of the molecule is Cc1nc2ccccc2n(C2CCN(C3CCCCCCC3)CC2)c1=O.Cc1nc2ncccc2n(C2CCN(C3CCCCCCC3)CC2)c1=O. The Kier molecular flexibility index (Phi) is 12.5. The summed E-state index contributed by atoms with van der Waals surface area (Å²) in [5, 5.41) is 0. The first-order valence-electron chi connectivity index (χ1n) is 20.8. The largest absolute Gasteiger partial charge is 0.302 e. The Labute approximate surface area is 309 Å². The van der Waals surface area contributed by atoms with Gasteiger partial charge in [0.2, 0.25) is 0 Å². The Bertz CT molecular complexity index is 1730. The van der Waals surface area contributed by atoms with E-state index in [9.17, 15) is 9.59 Å². The molecule has 3 aromatic heterocycles. The Morgan fingerprint density at radius 2 is 0.942 bits per heavy atom. The van der Waals surface area contributed by atoms with E-state index in [1.54, 1.807) is 13.1 Å². The molecule has 0 bridgehead atoms. The Morgan fingerprint density at radius 3 is 1.48 bits per heavy atom. The van der Waals surface area contributed by atoms with Gasteiger partial charge in [0.15, 0.2) is 5.65 Å². The summed E-state index contributed by atoms with van der Waals surface area (Å²) >= 11 is 0. The summed E-state index contributed by atoms with van der Waals surface area (Å²) in [6.45, 7) is 8.09. The monoisotopic (exact) mass is 707 g/mol. The van der Waals surface area contributed by atoms with E-state index < -0.39 is 0 Å². The van der Waals surface area contributed by atoms with Gasteiger partial charge in [-0.2, -0.15) is 0 Å². The zero-order valence-corrected chi connectivity index (χ0v) is 31.9. The minimum absolute atomic E-state index is 0.0508. The molecule has 5 heterocycles. The number of pyridine rings is 1. The molecule has 2 saturated heterocycles. The third-order valence-corrected chi connectivity index (χ3v) is 12.7. The predicted molar refractivity (Wildman–Crippen MR) is 211 cm³/mol. The van der Waals surface area contributed by atoms with Crippen LogP contribution in [0.4, 0.5) is 0 Å². The van der Waals surface area contributed by atoms with Crippen LogP contribution in [0.2, 0.25) is 0 Å². The highest BCUT2D eigenvalue weighted by Crippen LogP contribution is 2.31. The molecule has 8 rings (SSSR count). The number of rotatable bonds is 4. The number of likely N-dealkylation sites (tertiary alicyclic amines) is 2. The second kappa shape index (κ2) is 17.6. The van der Waals surface area contributed by atoms with Crippen LogP contribution in [0.3, 0.4) is 0 Å². The van der Waals surface area contributed by atoms with Gasteiger partial charge in [0.05, 0.1) is 16.6 Å². The van der Waals surface area contributed by atoms with E-state index >= 15 is 0 Å². The van der Waals surface area contributed by atoms with Crippen molar-refractivity contribution in [3.8, 4) is 0 Å². The Balaban J connectivity index is 0.000000162. The molecule has 0 spiro atoms. The first-order chi connectivity index (χ1) is 25.5. The van der Waals surface area contributed by atoms with Crippen LogP contribution in [0.25, 0.3) is 22.2 Å². The van der Waals surface area contributed by atoms with Crippen molar-refractivity contribution < 1.29 is 0 Å². The molecule has 0 N–H and O–H groups in total. The molecule has 9 nitrogen and oxygen atoms in total. The van der Waals surface area contributed by atoms with Crippen LogP contribution < -0.4 is 11.1 Å². The van der Waals surface area contributed by atoms with Gasteiger partial charge in [0, 0.05) is 56.5 Å². The van der Waals surface area contributed by atoms with Crippen molar-refractivity contribution in [2.45, 2.75) is 154 Å². The van der Waals surface area contributed by atoms with E-state index in [0.717, 1.165) is 80.5 Å². The molecule has 0 unspecified atom stereocenters. The fourth-order valence-electron chi connectivity index (χ4n) is 9.77. The Hall–Kier alpha value is -3.43. The second-order valence-corrected chi connectivity index (χ2v) is 16.1. The molecule has 2 aliphatic carbocycles. The molecule has 0 atom stereocenters. The minimum atomic E-state index is 0.0508. The van der Waals surface area contributed by atoms with Crippen LogP contribution in [0.1, 0.15) is 139 Å². The summed E-state index contributed by atoms with van der Waals surface area (Å²) in [5.74, 6) is 0. The van der Waals surface area contributed by atoms with Gasteiger partial charge in [-0.05, 0) is 89.5 Å². The lowest BCUT2D eigenvalue weighted by Gasteiger charge is -2.39. The van der Waals surface area contributed by atoms with E-state index in [4.69, 9.17) is 0 Å². The molecule has 52 heavy (non-hydrogen) atoms. The fraction of sp³-hybridized carbons (Fsp3) is 0.651. The van der Waals surface area contributed by atoms with Crippen molar-refractivity contribution in [1.29, 1.82) is 0 Å². The standard InChI is InChI=1S/C22H31N3O.C21H30N4O/c1-17-22(26)25(21-12-8-7-11-20(21)23-17)19-13-15-24(16-14-19)18-9-5-3-2-4-6-10-18;1-16-21(26)25(19-10-7-13-22-20(19)23-16)18-11-14-24(15-12-18)17-8-5-3-2-4-6-9-17/h7-8,11-12,18-19H,2-6,9-10,13-16H2,1H3;7,10,13,17-18H,2-6,8-9,11-12,14-15H2,1H3. The van der Waals surface area contributed by atoms with Gasteiger partial charge in [-0.3, -0.25) is 9.59 Å². The smallest absolute Gasteiger partial charge is 0.272 e. The van der Waals surface area contributed by atoms with Gasteiger partial charge in [0.25, 0.3) is 11.1 Å². The summed E-state index contributed by atoms with van der Waals surface area (Å²) in [4.78, 5) is 44.3. The number of aromatic nitrogens is 5. The van der Waals surface area contributed by atoms with Crippen molar-refractivity contribution in [1.82, 2.24) is 33.9 Å². The van der Waals surface area contributed by atoms with Crippen LogP contribution in [0, 0.1) is 13.8 Å². The van der Waals surface area contributed by atoms with Crippen LogP contribution in [0.5, 0.6) is 0 Å². The highest BCUT2D eigenvalue weighted by Gasteiger charge is 2.29. The molecule has 9 heteroatoms. The van der Waals surface area contributed by atoms with Crippen molar-refractivity contribution in [3.63, 3.8) is 0 Å². The number of fused-ring (bicyclic) bond motifs is 2. The van der Waals surface area contributed by atoms with E-state index in [1.807, 2.05) is 52.5 Å². The number of piperidine rings is 2. The zero-order valence-electron chi connectivity index (χ0n) is 31.9. The summed E-state index contributed by atoms with van der Waals surface area (Å²) in [7, 11) is 0. The van der Waals surface area contributed by atoms with E-state index in [1.165, 1.54) is 89.9 Å². The number of hydrogen-bond acceptors (Lipinski definition) is 7. The summed E-state index contributed by atoms with van der Waals surface area (Å²) in [6.07, 6.45) is 25.4. The number of aryl methyl sites for hydroxylation is 2. The number of benzene rings is 1. The lowest BCUT2D eigenvalue weighted by molar-refractivity contribution is 0.116. The average Bonchev–Trinajstić information content (AvgIpc) is 3.13. The van der Waals surface area contributed by atoms with E-state index in [-0.39, 0.29) is 17.2 Å². The molecule has 2 saturated carbocycles. The van der Waals surface area contributed by atoms with Crippen molar-refractivity contribution in [2.75, 3.05) is 26.2 Å². The summed E-state index contributed by atoms with van der Waals surface area (Å²) in [5.41, 5.74) is 4.81. The lowest BCUT2D eigenvalue weighted by atomic mass is 9.93. The number of para-hydroxylation sites is 2. The molecule has 280 valence electrons. The molecule has 4 aliphatic rings. The van der Waals surface area contributed by atoms with Gasteiger partial charge in [-0.25, -0.2) is 15.0 Å². The normalized spacial score (nSPS) is 21.6. The summed E-state index contributed by atoms with van der Waals surface area (Å²) < 4.78 is 4.01. The molecule has 0 amide bonds.